The fourth-order valence-corrected chi connectivity index (χ4v) is 2.33. The van der Waals surface area contributed by atoms with Crippen molar-refractivity contribution in [3.8, 4) is 0 Å². The molecule has 2 heterocycles. The highest BCUT2D eigenvalue weighted by atomic mass is 35.5. The highest BCUT2D eigenvalue weighted by Crippen LogP contribution is 2.12. The lowest BCUT2D eigenvalue weighted by Crippen LogP contribution is -2.12. The van der Waals surface area contributed by atoms with Gasteiger partial charge in [-0.2, -0.15) is 10.2 Å². The summed E-state index contributed by atoms with van der Waals surface area (Å²) in [6, 6.07) is 11.7. The van der Waals surface area contributed by atoms with Gasteiger partial charge in [0.05, 0.1) is 11.9 Å². The second kappa shape index (κ2) is 6.66. The summed E-state index contributed by atoms with van der Waals surface area (Å²) in [6.07, 6.45) is 4.30. The lowest BCUT2D eigenvalue weighted by Gasteiger charge is -2.02. The maximum Gasteiger partial charge on any atom is 0.276 e. The molecule has 7 heteroatoms. The van der Waals surface area contributed by atoms with Gasteiger partial charge in [-0.15, -0.1) is 0 Å². The second-order valence-electron chi connectivity index (χ2n) is 5.16. The quantitative estimate of drug-likeness (QED) is 0.782. The van der Waals surface area contributed by atoms with E-state index in [1.807, 2.05) is 18.2 Å². The molecule has 0 spiro atoms. The molecule has 1 amide bonds. The number of anilines is 1. The maximum atomic E-state index is 12.1. The molecular weight excluding hydrogens is 314 g/mol. The predicted molar refractivity (Wildman–Crippen MR) is 88.5 cm³/mol. The molecule has 0 aliphatic rings. The van der Waals surface area contributed by atoms with Gasteiger partial charge in [-0.25, -0.2) is 0 Å². The largest absolute Gasteiger partial charge is 0.318 e. The molecule has 0 saturated carbocycles. The molecule has 3 aromatic rings. The van der Waals surface area contributed by atoms with E-state index < -0.39 is 0 Å². The van der Waals surface area contributed by atoms with E-state index in [4.69, 9.17) is 11.6 Å². The summed E-state index contributed by atoms with van der Waals surface area (Å²) in [6.45, 7) is 0.745. The van der Waals surface area contributed by atoms with Crippen LogP contribution in [0, 0.1) is 0 Å². The van der Waals surface area contributed by atoms with Crippen LogP contribution in [-0.2, 0) is 20.0 Å². The molecule has 3 rings (SSSR count). The van der Waals surface area contributed by atoms with Crippen molar-refractivity contribution in [1.29, 1.82) is 0 Å². The summed E-state index contributed by atoms with van der Waals surface area (Å²) in [5.41, 5.74) is 2.15. The SMILES string of the molecule is Cn1nc(C(=O)Nc2cnn(CCc3ccccc3)c2)cc1Cl. The van der Waals surface area contributed by atoms with Gasteiger partial charge in [-0.3, -0.25) is 14.2 Å². The third-order valence-electron chi connectivity index (χ3n) is 3.42. The number of halogens is 1. The third-order valence-corrected chi connectivity index (χ3v) is 3.77. The molecule has 1 aromatic carbocycles. The van der Waals surface area contributed by atoms with Gasteiger partial charge in [-0.1, -0.05) is 41.9 Å². The molecule has 0 atom stereocenters. The van der Waals surface area contributed by atoms with Crippen LogP contribution in [0.4, 0.5) is 5.69 Å². The van der Waals surface area contributed by atoms with Crippen LogP contribution in [0.2, 0.25) is 5.15 Å². The van der Waals surface area contributed by atoms with Crippen molar-refractivity contribution in [2.75, 3.05) is 5.32 Å². The minimum Gasteiger partial charge on any atom is -0.318 e. The Bertz CT molecular complexity index is 790. The molecule has 0 aliphatic heterocycles. The first-order valence-corrected chi connectivity index (χ1v) is 7.57. The first-order valence-electron chi connectivity index (χ1n) is 7.19. The van der Waals surface area contributed by atoms with Crippen molar-refractivity contribution >= 4 is 23.2 Å². The number of aryl methyl sites for hydroxylation is 3. The van der Waals surface area contributed by atoms with Crippen LogP contribution in [0.25, 0.3) is 0 Å². The topological polar surface area (TPSA) is 64.7 Å². The van der Waals surface area contributed by atoms with Crippen LogP contribution in [0.3, 0.4) is 0 Å². The van der Waals surface area contributed by atoms with Crippen LogP contribution < -0.4 is 5.32 Å². The summed E-state index contributed by atoms with van der Waals surface area (Å²) < 4.78 is 3.24. The van der Waals surface area contributed by atoms with E-state index in [0.29, 0.717) is 10.8 Å². The Morgan fingerprint density at radius 3 is 2.78 bits per heavy atom. The molecule has 2 aromatic heterocycles. The Balaban J connectivity index is 1.59. The number of benzene rings is 1. The summed E-state index contributed by atoms with van der Waals surface area (Å²) in [5.74, 6) is -0.310. The lowest BCUT2D eigenvalue weighted by atomic mass is 10.1. The number of hydrogen-bond acceptors (Lipinski definition) is 3. The summed E-state index contributed by atoms with van der Waals surface area (Å²) >= 11 is 5.88. The Hall–Kier alpha value is -2.60. The van der Waals surface area contributed by atoms with E-state index in [1.165, 1.54) is 16.3 Å². The zero-order valence-corrected chi connectivity index (χ0v) is 13.4. The molecule has 0 saturated heterocycles. The number of hydrogen-bond donors (Lipinski definition) is 1. The van der Waals surface area contributed by atoms with Gasteiger partial charge in [0.25, 0.3) is 5.91 Å². The van der Waals surface area contributed by atoms with Crippen molar-refractivity contribution < 1.29 is 4.79 Å². The van der Waals surface area contributed by atoms with Crippen LogP contribution in [-0.4, -0.2) is 25.5 Å². The van der Waals surface area contributed by atoms with Gasteiger partial charge in [0.15, 0.2) is 5.69 Å². The van der Waals surface area contributed by atoms with Crippen LogP contribution in [0.15, 0.2) is 48.8 Å². The standard InChI is InChI=1S/C16H16ClN5O/c1-21-15(17)9-14(20-21)16(23)19-13-10-18-22(11-13)8-7-12-5-3-2-4-6-12/h2-6,9-11H,7-8H2,1H3,(H,19,23). The molecule has 0 bridgehead atoms. The van der Waals surface area contributed by atoms with Gasteiger partial charge in [-0.05, 0) is 12.0 Å². The van der Waals surface area contributed by atoms with Gasteiger partial charge >= 0.3 is 0 Å². The van der Waals surface area contributed by atoms with Gasteiger partial charge in [0, 0.05) is 25.9 Å². The Labute approximate surface area is 138 Å². The maximum absolute atomic E-state index is 12.1. The average molecular weight is 330 g/mol. The number of aromatic nitrogens is 4. The summed E-state index contributed by atoms with van der Waals surface area (Å²) in [4.78, 5) is 12.1. The Kier molecular flexibility index (Phi) is 4.43. The fraction of sp³-hybridized carbons (Fsp3) is 0.188. The molecule has 0 unspecified atom stereocenters. The van der Waals surface area contributed by atoms with Crippen molar-refractivity contribution in [2.45, 2.75) is 13.0 Å². The van der Waals surface area contributed by atoms with E-state index in [9.17, 15) is 4.79 Å². The minimum absolute atomic E-state index is 0.273. The second-order valence-corrected chi connectivity index (χ2v) is 5.54. The molecule has 1 N–H and O–H groups in total. The van der Waals surface area contributed by atoms with E-state index in [1.54, 1.807) is 24.1 Å². The van der Waals surface area contributed by atoms with Crippen molar-refractivity contribution in [1.82, 2.24) is 19.6 Å². The molecule has 0 radical (unpaired) electrons. The Morgan fingerprint density at radius 1 is 1.30 bits per heavy atom. The molecule has 23 heavy (non-hydrogen) atoms. The van der Waals surface area contributed by atoms with E-state index in [-0.39, 0.29) is 11.6 Å². The highest BCUT2D eigenvalue weighted by Gasteiger charge is 2.12. The molecule has 118 valence electrons. The normalized spacial score (nSPS) is 10.7. The first-order chi connectivity index (χ1) is 11.1. The number of carbonyl (C=O) groups excluding carboxylic acids is 1. The van der Waals surface area contributed by atoms with Crippen molar-refractivity contribution in [3.63, 3.8) is 0 Å². The number of carbonyl (C=O) groups is 1. The van der Waals surface area contributed by atoms with Gasteiger partial charge in [0.1, 0.15) is 5.15 Å². The Morgan fingerprint density at radius 2 is 2.09 bits per heavy atom. The summed E-state index contributed by atoms with van der Waals surface area (Å²) in [7, 11) is 1.68. The zero-order chi connectivity index (χ0) is 16.2. The monoisotopic (exact) mass is 329 g/mol. The average Bonchev–Trinajstić information content (AvgIpc) is 3.13. The van der Waals surface area contributed by atoms with Gasteiger partial charge in [0.2, 0.25) is 0 Å². The van der Waals surface area contributed by atoms with Crippen LogP contribution >= 0.6 is 11.6 Å². The number of rotatable bonds is 5. The fourth-order valence-electron chi connectivity index (χ4n) is 2.19. The van der Waals surface area contributed by atoms with Crippen molar-refractivity contribution in [2.24, 2.45) is 7.05 Å². The highest BCUT2D eigenvalue weighted by molar-refractivity contribution is 6.30. The van der Waals surface area contributed by atoms with Crippen LogP contribution in [0.1, 0.15) is 16.1 Å². The molecular formula is C16H16ClN5O. The van der Waals surface area contributed by atoms with E-state index >= 15 is 0 Å². The molecule has 0 fully saturated rings. The lowest BCUT2D eigenvalue weighted by molar-refractivity contribution is 0.102. The zero-order valence-electron chi connectivity index (χ0n) is 12.6. The smallest absolute Gasteiger partial charge is 0.276 e. The van der Waals surface area contributed by atoms with Crippen molar-refractivity contribution in [3.05, 3.63) is 65.2 Å². The molecule has 6 nitrogen and oxygen atoms in total. The minimum atomic E-state index is -0.310. The first kappa shape index (κ1) is 15.3. The summed E-state index contributed by atoms with van der Waals surface area (Å²) in [5, 5.41) is 11.5. The predicted octanol–water partition coefficient (Wildman–Crippen LogP) is 2.77. The van der Waals surface area contributed by atoms with E-state index in [2.05, 4.69) is 27.6 Å². The number of nitrogens with zero attached hydrogens (tertiary/aromatic N) is 4. The number of nitrogens with one attached hydrogen (secondary N) is 1. The third kappa shape index (κ3) is 3.78. The van der Waals surface area contributed by atoms with E-state index in [0.717, 1.165) is 13.0 Å². The van der Waals surface area contributed by atoms with Gasteiger partial charge < -0.3 is 5.32 Å². The van der Waals surface area contributed by atoms with Crippen LogP contribution in [0.5, 0.6) is 0 Å². The number of amides is 1. The molecule has 0 aliphatic carbocycles.